The van der Waals surface area contributed by atoms with Gasteiger partial charge in [0.15, 0.2) is 0 Å². The molecule has 4 amide bonds. The number of benzene rings is 2. The van der Waals surface area contributed by atoms with Crippen LogP contribution in [0.25, 0.3) is 0 Å². The summed E-state index contributed by atoms with van der Waals surface area (Å²) in [4.78, 5) is 77.4. The molecule has 1 N–H and O–H groups in total. The average Bonchev–Trinajstić information content (AvgIpc) is 3.83. The Bertz CT molecular complexity index is 1520. The summed E-state index contributed by atoms with van der Waals surface area (Å²) in [6.45, 7) is 0.944. The number of ether oxygens (including phenoxy) is 2. The van der Waals surface area contributed by atoms with Gasteiger partial charge in [-0.2, -0.15) is 12.6 Å². The van der Waals surface area contributed by atoms with E-state index in [-0.39, 0.29) is 60.8 Å². The standard InChI is InChI=1S/C30H34N6O10S/c37-27(25-2-1-12-33(25)29(39)45-17-19-3-7-22(8-4-19)35(41)42)31-21-11-13-32(15-21)28(38)26-14-24(47)16-34(26)30(40)46-18-20-5-9-23(10-6-20)36(43)44/h3-10,21,24-26,47H,1-2,11-18H2,(H,31,37)/t21-,24-,25-,26-/m0/s1. The summed E-state index contributed by atoms with van der Waals surface area (Å²) in [6.07, 6.45) is 0.549. The second-order valence-corrected chi connectivity index (χ2v) is 12.4. The molecule has 4 atom stereocenters. The van der Waals surface area contributed by atoms with Gasteiger partial charge in [0.1, 0.15) is 25.3 Å². The van der Waals surface area contributed by atoms with E-state index in [1.54, 1.807) is 4.90 Å². The molecule has 3 saturated heterocycles. The van der Waals surface area contributed by atoms with Crippen molar-refractivity contribution < 1.29 is 38.5 Å². The van der Waals surface area contributed by atoms with Gasteiger partial charge in [-0.05, 0) is 61.1 Å². The lowest BCUT2D eigenvalue weighted by molar-refractivity contribution is -0.385. The number of amides is 4. The SMILES string of the molecule is O=C(N[C@H]1CCN(C(=O)[C@@H]2C[C@H](S)CN2C(=O)OCc2ccc([N+](=O)[O-])cc2)C1)[C@@H]1CCCN1C(=O)OCc1ccc([N+](=O)[O-])cc1. The molecular weight excluding hydrogens is 636 g/mol. The van der Waals surface area contributed by atoms with Gasteiger partial charge in [-0.25, -0.2) is 9.59 Å². The monoisotopic (exact) mass is 670 g/mol. The molecule has 5 rings (SSSR count). The summed E-state index contributed by atoms with van der Waals surface area (Å²) in [7, 11) is 0. The summed E-state index contributed by atoms with van der Waals surface area (Å²) < 4.78 is 10.8. The number of nitro benzene ring substituents is 2. The highest BCUT2D eigenvalue weighted by molar-refractivity contribution is 7.81. The molecule has 3 aliphatic rings. The van der Waals surface area contributed by atoms with E-state index in [9.17, 15) is 39.4 Å². The average molecular weight is 671 g/mol. The van der Waals surface area contributed by atoms with E-state index in [2.05, 4.69) is 17.9 Å². The lowest BCUT2D eigenvalue weighted by atomic mass is 10.1. The molecule has 0 aliphatic carbocycles. The number of nitrogens with one attached hydrogen (secondary N) is 1. The molecule has 0 bridgehead atoms. The first-order chi connectivity index (χ1) is 22.5. The summed E-state index contributed by atoms with van der Waals surface area (Å²) in [5, 5.41) is 24.4. The van der Waals surface area contributed by atoms with E-state index in [4.69, 9.17) is 9.47 Å². The van der Waals surface area contributed by atoms with Gasteiger partial charge in [0, 0.05) is 61.7 Å². The third kappa shape index (κ3) is 8.08. The van der Waals surface area contributed by atoms with Gasteiger partial charge >= 0.3 is 12.2 Å². The van der Waals surface area contributed by atoms with Crippen LogP contribution in [0.1, 0.15) is 36.8 Å². The minimum Gasteiger partial charge on any atom is -0.445 e. The zero-order valence-corrected chi connectivity index (χ0v) is 26.2. The fourth-order valence-corrected chi connectivity index (χ4v) is 6.35. The molecule has 3 fully saturated rings. The summed E-state index contributed by atoms with van der Waals surface area (Å²) in [5.74, 6) is -0.621. The smallest absolute Gasteiger partial charge is 0.410 e. The lowest BCUT2D eigenvalue weighted by Gasteiger charge is -2.28. The maximum atomic E-state index is 13.5. The molecule has 0 radical (unpaired) electrons. The van der Waals surface area contributed by atoms with Crippen molar-refractivity contribution in [1.82, 2.24) is 20.0 Å². The van der Waals surface area contributed by atoms with Gasteiger partial charge in [0.05, 0.1) is 9.85 Å². The van der Waals surface area contributed by atoms with Crippen molar-refractivity contribution in [3.63, 3.8) is 0 Å². The van der Waals surface area contributed by atoms with E-state index < -0.39 is 34.1 Å². The van der Waals surface area contributed by atoms with Crippen LogP contribution < -0.4 is 5.32 Å². The quantitative estimate of drug-likeness (QED) is 0.227. The normalized spacial score (nSPS) is 22.2. The Morgan fingerprint density at radius 3 is 1.89 bits per heavy atom. The number of non-ortho nitro benzene ring substituents is 2. The van der Waals surface area contributed by atoms with Crippen LogP contribution in [0.4, 0.5) is 21.0 Å². The van der Waals surface area contributed by atoms with Gasteiger partial charge in [0.2, 0.25) is 11.8 Å². The molecule has 2 aromatic rings. The van der Waals surface area contributed by atoms with Crippen molar-refractivity contribution in [2.24, 2.45) is 0 Å². The Balaban J connectivity index is 1.10. The number of carbonyl (C=O) groups is 4. The highest BCUT2D eigenvalue weighted by atomic mass is 32.1. The number of likely N-dealkylation sites (tertiary alicyclic amines) is 3. The molecule has 0 unspecified atom stereocenters. The second kappa shape index (κ2) is 14.7. The minimum atomic E-state index is -0.785. The molecule has 2 aromatic carbocycles. The Hall–Kier alpha value is -4.93. The molecular formula is C30H34N6O10S. The molecule has 16 nitrogen and oxygen atoms in total. The first-order valence-corrected chi connectivity index (χ1v) is 15.6. The Morgan fingerprint density at radius 1 is 0.787 bits per heavy atom. The van der Waals surface area contributed by atoms with Crippen LogP contribution in [0.5, 0.6) is 0 Å². The van der Waals surface area contributed by atoms with Crippen LogP contribution in [-0.4, -0.2) is 98.1 Å². The first-order valence-electron chi connectivity index (χ1n) is 15.1. The molecule has 0 aromatic heterocycles. The summed E-state index contributed by atoms with van der Waals surface area (Å²) in [5.41, 5.74) is 0.977. The van der Waals surface area contributed by atoms with Crippen molar-refractivity contribution in [2.45, 2.75) is 62.3 Å². The zero-order chi connectivity index (χ0) is 33.7. The molecule has 47 heavy (non-hydrogen) atoms. The minimum absolute atomic E-state index is 0.0747. The van der Waals surface area contributed by atoms with E-state index in [0.29, 0.717) is 49.9 Å². The van der Waals surface area contributed by atoms with Crippen molar-refractivity contribution in [3.05, 3.63) is 79.9 Å². The molecule has 250 valence electrons. The van der Waals surface area contributed by atoms with Crippen molar-refractivity contribution in [3.8, 4) is 0 Å². The van der Waals surface area contributed by atoms with E-state index in [1.807, 2.05) is 0 Å². The van der Waals surface area contributed by atoms with Crippen LogP contribution in [0, 0.1) is 20.2 Å². The van der Waals surface area contributed by atoms with E-state index in [1.165, 1.54) is 58.3 Å². The maximum absolute atomic E-state index is 13.5. The predicted molar refractivity (Wildman–Crippen MR) is 167 cm³/mol. The van der Waals surface area contributed by atoms with Gasteiger partial charge in [-0.1, -0.05) is 0 Å². The van der Waals surface area contributed by atoms with Gasteiger partial charge < -0.3 is 19.7 Å². The summed E-state index contributed by atoms with van der Waals surface area (Å²) in [6, 6.07) is 9.40. The fraction of sp³-hybridized carbons (Fsp3) is 0.467. The first kappa shape index (κ1) is 33.4. The third-order valence-corrected chi connectivity index (χ3v) is 8.83. The Kier molecular flexibility index (Phi) is 10.4. The summed E-state index contributed by atoms with van der Waals surface area (Å²) >= 11 is 4.49. The predicted octanol–water partition coefficient (Wildman–Crippen LogP) is 3.03. The van der Waals surface area contributed by atoms with Crippen LogP contribution >= 0.6 is 12.6 Å². The van der Waals surface area contributed by atoms with Crippen molar-refractivity contribution >= 4 is 48.0 Å². The van der Waals surface area contributed by atoms with Crippen LogP contribution in [0.3, 0.4) is 0 Å². The largest absolute Gasteiger partial charge is 0.445 e. The van der Waals surface area contributed by atoms with E-state index in [0.717, 1.165) is 0 Å². The van der Waals surface area contributed by atoms with Gasteiger partial charge in [-0.15, -0.1) is 0 Å². The van der Waals surface area contributed by atoms with Crippen LogP contribution in [-0.2, 0) is 32.3 Å². The topological polar surface area (TPSA) is 195 Å². The van der Waals surface area contributed by atoms with Crippen LogP contribution in [0.15, 0.2) is 48.5 Å². The molecule has 17 heteroatoms. The Labute approximate surface area is 274 Å². The zero-order valence-electron chi connectivity index (χ0n) is 25.3. The number of thiol groups is 1. The highest BCUT2D eigenvalue weighted by Gasteiger charge is 2.43. The fourth-order valence-electron chi connectivity index (χ4n) is 5.98. The molecule has 3 aliphatic heterocycles. The number of rotatable bonds is 9. The van der Waals surface area contributed by atoms with E-state index >= 15 is 0 Å². The number of carbonyl (C=O) groups excluding carboxylic acids is 4. The van der Waals surface area contributed by atoms with Crippen LogP contribution in [0.2, 0.25) is 0 Å². The number of hydrogen-bond donors (Lipinski definition) is 2. The lowest BCUT2D eigenvalue weighted by Crippen LogP contribution is -2.51. The third-order valence-electron chi connectivity index (χ3n) is 8.45. The maximum Gasteiger partial charge on any atom is 0.410 e. The van der Waals surface area contributed by atoms with Crippen molar-refractivity contribution in [2.75, 3.05) is 26.2 Å². The number of hydrogen-bond acceptors (Lipinski definition) is 11. The molecule has 0 saturated carbocycles. The highest BCUT2D eigenvalue weighted by Crippen LogP contribution is 2.27. The van der Waals surface area contributed by atoms with Crippen molar-refractivity contribution in [1.29, 1.82) is 0 Å². The number of nitrogens with zero attached hydrogens (tertiary/aromatic N) is 5. The molecule has 0 spiro atoms. The van der Waals surface area contributed by atoms with Gasteiger partial charge in [0.25, 0.3) is 11.4 Å². The second-order valence-electron chi connectivity index (χ2n) is 11.6. The van der Waals surface area contributed by atoms with Gasteiger partial charge in [-0.3, -0.25) is 39.6 Å². The number of nitro groups is 2. The Morgan fingerprint density at radius 2 is 1.34 bits per heavy atom. The molecule has 3 heterocycles.